The number of para-hydroxylation sites is 1. The smallest absolute Gasteiger partial charge is 0.231 e. The van der Waals surface area contributed by atoms with Gasteiger partial charge in [-0.05, 0) is 24.3 Å². The van der Waals surface area contributed by atoms with Gasteiger partial charge in [0.05, 0.1) is 18.2 Å². The fourth-order valence-electron chi connectivity index (χ4n) is 3.95. The number of aromatic hydroxyl groups is 1. The Kier molecular flexibility index (Phi) is 5.43. The Labute approximate surface area is 188 Å². The molecule has 9 heteroatoms. The van der Waals surface area contributed by atoms with Crippen molar-refractivity contribution in [2.75, 3.05) is 13.3 Å². The number of nitrogens with one attached hydrogen (secondary N) is 1. The highest BCUT2D eigenvalue weighted by atomic mass is 16.7. The lowest BCUT2D eigenvalue weighted by atomic mass is 9.87. The molecule has 1 aliphatic heterocycles. The number of carbonyl (C=O) groups is 1. The van der Waals surface area contributed by atoms with Gasteiger partial charge in [-0.2, -0.15) is 5.10 Å². The molecule has 9 nitrogen and oxygen atoms in total. The zero-order valence-electron chi connectivity index (χ0n) is 17.6. The summed E-state index contributed by atoms with van der Waals surface area (Å²) in [5, 5.41) is 18.1. The monoisotopic (exact) mass is 447 g/mol. The summed E-state index contributed by atoms with van der Waals surface area (Å²) in [5.74, 6) is -0.288. The molecule has 2 N–H and O–H groups in total. The van der Waals surface area contributed by atoms with Gasteiger partial charge in [-0.25, -0.2) is 0 Å². The molecule has 0 bridgehead atoms. The minimum absolute atomic E-state index is 0.0366. The Morgan fingerprint density at radius 1 is 1.15 bits per heavy atom. The van der Waals surface area contributed by atoms with Gasteiger partial charge in [-0.15, -0.1) is 0 Å². The lowest BCUT2D eigenvalue weighted by Crippen LogP contribution is -2.29. The van der Waals surface area contributed by atoms with Gasteiger partial charge < -0.3 is 24.3 Å². The Balaban J connectivity index is 1.48. The summed E-state index contributed by atoms with van der Waals surface area (Å²) in [7, 11) is 0. The number of hydrogen-bond donors (Lipinski definition) is 2. The van der Waals surface area contributed by atoms with E-state index in [-0.39, 0.29) is 35.9 Å². The van der Waals surface area contributed by atoms with Gasteiger partial charge in [-0.3, -0.25) is 14.3 Å². The van der Waals surface area contributed by atoms with Crippen molar-refractivity contribution in [3.63, 3.8) is 0 Å². The first-order valence-corrected chi connectivity index (χ1v) is 10.5. The number of nitrogens with zero attached hydrogens (tertiary/aromatic N) is 2. The number of amides is 1. The molecule has 0 radical (unpaired) electrons. The van der Waals surface area contributed by atoms with Crippen LogP contribution in [-0.4, -0.2) is 34.1 Å². The van der Waals surface area contributed by atoms with Crippen LogP contribution in [0.15, 0.2) is 70.3 Å². The second-order valence-electron chi connectivity index (χ2n) is 7.66. The molecule has 0 saturated carbocycles. The Hall–Kier alpha value is -4.27. The predicted molar refractivity (Wildman–Crippen MR) is 118 cm³/mol. The largest absolute Gasteiger partial charge is 0.508 e. The van der Waals surface area contributed by atoms with Crippen molar-refractivity contribution in [2.45, 2.75) is 18.9 Å². The maximum Gasteiger partial charge on any atom is 0.231 e. The Morgan fingerprint density at radius 3 is 2.79 bits per heavy atom. The van der Waals surface area contributed by atoms with Crippen molar-refractivity contribution in [1.82, 2.24) is 15.1 Å². The average Bonchev–Trinajstić information content (AvgIpc) is 3.50. The van der Waals surface area contributed by atoms with Crippen LogP contribution in [0, 0.1) is 0 Å². The molecule has 0 spiro atoms. The van der Waals surface area contributed by atoms with E-state index in [4.69, 9.17) is 13.9 Å². The zero-order chi connectivity index (χ0) is 22.8. The third-order valence-electron chi connectivity index (χ3n) is 5.59. The van der Waals surface area contributed by atoms with Crippen LogP contribution in [0.4, 0.5) is 0 Å². The fraction of sp³-hybridized carbons (Fsp3) is 0.208. The van der Waals surface area contributed by atoms with E-state index in [1.54, 1.807) is 53.5 Å². The van der Waals surface area contributed by atoms with Gasteiger partial charge in [0.2, 0.25) is 12.7 Å². The molecular weight excluding hydrogens is 426 g/mol. The summed E-state index contributed by atoms with van der Waals surface area (Å²) >= 11 is 0. The van der Waals surface area contributed by atoms with Crippen LogP contribution in [0.1, 0.15) is 23.5 Å². The number of phenols is 1. The molecule has 2 aromatic heterocycles. The van der Waals surface area contributed by atoms with Crippen molar-refractivity contribution in [3.05, 3.63) is 82.5 Å². The molecule has 1 atom stereocenters. The molecule has 4 aromatic rings. The van der Waals surface area contributed by atoms with Crippen LogP contribution in [0.2, 0.25) is 0 Å². The Morgan fingerprint density at radius 2 is 1.97 bits per heavy atom. The molecule has 0 fully saturated rings. The van der Waals surface area contributed by atoms with E-state index in [2.05, 4.69) is 10.4 Å². The van der Waals surface area contributed by atoms with Crippen molar-refractivity contribution in [2.24, 2.45) is 0 Å². The first-order valence-electron chi connectivity index (χ1n) is 10.5. The van der Waals surface area contributed by atoms with Crippen molar-refractivity contribution >= 4 is 16.9 Å². The molecule has 1 amide bonds. The van der Waals surface area contributed by atoms with Crippen molar-refractivity contribution in [3.8, 4) is 17.2 Å². The third-order valence-corrected chi connectivity index (χ3v) is 5.59. The number of ether oxygens (including phenoxy) is 2. The zero-order valence-corrected chi connectivity index (χ0v) is 17.6. The number of benzene rings is 2. The molecule has 2 aromatic carbocycles. The topological polar surface area (TPSA) is 116 Å². The van der Waals surface area contributed by atoms with E-state index >= 15 is 0 Å². The lowest BCUT2D eigenvalue weighted by molar-refractivity contribution is -0.121. The summed E-state index contributed by atoms with van der Waals surface area (Å²) in [6.07, 6.45) is 4.75. The van der Waals surface area contributed by atoms with Gasteiger partial charge in [-0.1, -0.05) is 12.1 Å². The maximum absolute atomic E-state index is 13.3. The van der Waals surface area contributed by atoms with Gasteiger partial charge >= 0.3 is 0 Å². The third kappa shape index (κ3) is 4.12. The fourth-order valence-corrected chi connectivity index (χ4v) is 3.95. The standard InChI is InChI=1S/C24H21N3O6/c28-19-12-22-21(32-14-33-22)10-17(19)16(11-23(29)25-7-9-27-8-3-6-26-27)18-13-31-20-5-2-1-4-15(20)24(18)30/h1-6,8,10,12-13,16,28H,7,9,11,14H2,(H,25,29). The SMILES string of the molecule is O=C(CC(c1cc2c(cc1O)OCO2)c1coc2ccccc2c1=O)NCCn1cccn1. The summed E-state index contributed by atoms with van der Waals surface area (Å²) in [6.45, 7) is 0.915. The lowest BCUT2D eigenvalue weighted by Gasteiger charge is -2.19. The highest BCUT2D eigenvalue weighted by Gasteiger charge is 2.28. The van der Waals surface area contributed by atoms with Gasteiger partial charge in [0.15, 0.2) is 16.9 Å². The second kappa shape index (κ2) is 8.70. The molecular formula is C24H21N3O6. The number of aromatic nitrogens is 2. The number of hydrogen-bond acceptors (Lipinski definition) is 7. The summed E-state index contributed by atoms with van der Waals surface area (Å²) in [6, 6.07) is 11.7. The van der Waals surface area contributed by atoms with Crippen molar-refractivity contribution in [1.29, 1.82) is 0 Å². The quantitative estimate of drug-likeness (QED) is 0.448. The van der Waals surface area contributed by atoms with Crippen LogP contribution in [-0.2, 0) is 11.3 Å². The number of phenolic OH excluding ortho intramolecular Hbond substituents is 1. The normalized spacial score (nSPS) is 13.2. The first kappa shape index (κ1) is 20.6. The van der Waals surface area contributed by atoms with E-state index in [1.165, 1.54) is 12.3 Å². The molecule has 1 aliphatic rings. The van der Waals surface area contributed by atoms with Crippen LogP contribution in [0.5, 0.6) is 17.2 Å². The van der Waals surface area contributed by atoms with E-state index in [0.717, 1.165) is 0 Å². The van der Waals surface area contributed by atoms with E-state index < -0.39 is 5.92 Å². The minimum Gasteiger partial charge on any atom is -0.508 e. The molecule has 168 valence electrons. The summed E-state index contributed by atoms with van der Waals surface area (Å²) in [4.78, 5) is 26.1. The van der Waals surface area contributed by atoms with Crippen LogP contribution >= 0.6 is 0 Å². The molecule has 33 heavy (non-hydrogen) atoms. The van der Waals surface area contributed by atoms with Crippen LogP contribution in [0.25, 0.3) is 11.0 Å². The number of fused-ring (bicyclic) bond motifs is 2. The number of carbonyl (C=O) groups excluding carboxylic acids is 1. The van der Waals surface area contributed by atoms with Crippen LogP contribution < -0.4 is 20.2 Å². The van der Waals surface area contributed by atoms with Gasteiger partial charge in [0.25, 0.3) is 0 Å². The maximum atomic E-state index is 13.3. The molecule has 0 saturated heterocycles. The van der Waals surface area contributed by atoms with Gasteiger partial charge in [0, 0.05) is 48.5 Å². The second-order valence-corrected chi connectivity index (χ2v) is 7.66. The molecule has 3 heterocycles. The highest BCUT2D eigenvalue weighted by molar-refractivity contribution is 5.80. The van der Waals surface area contributed by atoms with Crippen LogP contribution in [0.3, 0.4) is 0 Å². The molecule has 0 aliphatic carbocycles. The Bertz CT molecular complexity index is 1360. The summed E-state index contributed by atoms with van der Waals surface area (Å²) < 4.78 is 18.2. The molecule has 1 unspecified atom stereocenters. The van der Waals surface area contributed by atoms with Gasteiger partial charge in [0.1, 0.15) is 11.3 Å². The minimum atomic E-state index is -0.759. The van der Waals surface area contributed by atoms with Crippen molar-refractivity contribution < 1.29 is 23.8 Å². The first-order chi connectivity index (χ1) is 16.1. The molecule has 5 rings (SSSR count). The van der Waals surface area contributed by atoms with E-state index in [9.17, 15) is 14.7 Å². The highest BCUT2D eigenvalue weighted by Crippen LogP contribution is 2.42. The average molecular weight is 447 g/mol. The summed E-state index contributed by atoms with van der Waals surface area (Å²) in [5.41, 5.74) is 0.834. The number of rotatable bonds is 7. The predicted octanol–water partition coefficient (Wildman–Crippen LogP) is 2.76. The van der Waals surface area contributed by atoms with E-state index in [0.29, 0.717) is 41.1 Å². The van der Waals surface area contributed by atoms with E-state index in [1.807, 2.05) is 0 Å².